The van der Waals surface area contributed by atoms with E-state index in [-0.39, 0.29) is 17.9 Å². The average molecular weight is 429 g/mol. The SMILES string of the molecule is CCCc1nc2sc(C)c(-c3cccs3)c2c(=O)n1Cc1ccc(C(=O)OC)o1. The van der Waals surface area contributed by atoms with Crippen LogP contribution in [-0.4, -0.2) is 22.6 Å². The highest BCUT2D eigenvalue weighted by Crippen LogP contribution is 2.38. The van der Waals surface area contributed by atoms with Gasteiger partial charge < -0.3 is 9.15 Å². The van der Waals surface area contributed by atoms with Crippen molar-refractivity contribution in [1.82, 2.24) is 9.55 Å². The molecule has 29 heavy (non-hydrogen) atoms. The summed E-state index contributed by atoms with van der Waals surface area (Å²) in [5.41, 5.74) is 0.881. The summed E-state index contributed by atoms with van der Waals surface area (Å²) in [5.74, 6) is 0.808. The summed E-state index contributed by atoms with van der Waals surface area (Å²) in [6, 6.07) is 7.26. The molecule has 0 spiro atoms. The summed E-state index contributed by atoms with van der Waals surface area (Å²) in [6.07, 6.45) is 1.55. The number of aromatic nitrogens is 2. The Balaban J connectivity index is 1.87. The molecule has 4 heterocycles. The molecule has 0 radical (unpaired) electrons. The van der Waals surface area contributed by atoms with Gasteiger partial charge in [-0.05, 0) is 36.9 Å². The molecule has 0 amide bonds. The van der Waals surface area contributed by atoms with Gasteiger partial charge in [-0.15, -0.1) is 22.7 Å². The Kier molecular flexibility index (Phi) is 5.38. The second-order valence-electron chi connectivity index (χ2n) is 6.62. The zero-order valence-corrected chi connectivity index (χ0v) is 18.0. The third kappa shape index (κ3) is 3.54. The second-order valence-corrected chi connectivity index (χ2v) is 8.77. The molecule has 6 nitrogen and oxygen atoms in total. The fourth-order valence-electron chi connectivity index (χ4n) is 3.36. The number of furan rings is 1. The third-order valence-electron chi connectivity index (χ3n) is 4.67. The molecule has 0 N–H and O–H groups in total. The van der Waals surface area contributed by atoms with Gasteiger partial charge in [0.05, 0.1) is 19.0 Å². The molecule has 4 rings (SSSR count). The van der Waals surface area contributed by atoms with Crippen LogP contribution in [0.4, 0.5) is 0 Å². The molecule has 0 aliphatic carbocycles. The molecule has 0 unspecified atom stereocenters. The number of carbonyl (C=O) groups is 1. The monoisotopic (exact) mass is 428 g/mol. The summed E-state index contributed by atoms with van der Waals surface area (Å²) in [6.45, 7) is 4.30. The first-order valence-electron chi connectivity index (χ1n) is 9.27. The number of nitrogens with zero attached hydrogens (tertiary/aromatic N) is 2. The number of thiophene rings is 2. The van der Waals surface area contributed by atoms with Gasteiger partial charge in [0.25, 0.3) is 5.56 Å². The van der Waals surface area contributed by atoms with Gasteiger partial charge in [0.1, 0.15) is 16.4 Å². The van der Waals surface area contributed by atoms with Crippen LogP contribution in [0.5, 0.6) is 0 Å². The first-order valence-corrected chi connectivity index (χ1v) is 11.0. The number of rotatable bonds is 6. The fourth-order valence-corrected chi connectivity index (χ4v) is 5.31. The van der Waals surface area contributed by atoms with Crippen molar-refractivity contribution in [3.8, 4) is 10.4 Å². The molecule has 0 saturated carbocycles. The molecule has 0 aliphatic rings. The van der Waals surface area contributed by atoms with E-state index in [0.29, 0.717) is 17.6 Å². The van der Waals surface area contributed by atoms with E-state index in [1.165, 1.54) is 7.11 Å². The number of methoxy groups -OCH3 is 1. The minimum absolute atomic E-state index is 0.0813. The van der Waals surface area contributed by atoms with Crippen molar-refractivity contribution in [3.05, 3.63) is 62.2 Å². The van der Waals surface area contributed by atoms with E-state index < -0.39 is 5.97 Å². The average Bonchev–Trinajstić information content (AvgIpc) is 3.44. The van der Waals surface area contributed by atoms with E-state index in [9.17, 15) is 9.59 Å². The van der Waals surface area contributed by atoms with Crippen molar-refractivity contribution in [2.24, 2.45) is 0 Å². The molecule has 0 aliphatic heterocycles. The van der Waals surface area contributed by atoms with Crippen LogP contribution in [0.3, 0.4) is 0 Å². The van der Waals surface area contributed by atoms with Gasteiger partial charge in [-0.1, -0.05) is 13.0 Å². The molecule has 0 atom stereocenters. The largest absolute Gasteiger partial charge is 0.463 e. The standard InChI is InChI=1S/C21H20N2O4S2/c1-4-6-16-22-19-18(17(12(2)29-19)15-7-5-10-28-15)20(24)23(16)11-13-8-9-14(27-13)21(25)26-3/h5,7-10H,4,6,11H2,1-3H3. The van der Waals surface area contributed by atoms with Crippen molar-refractivity contribution < 1.29 is 13.9 Å². The zero-order valence-electron chi connectivity index (χ0n) is 16.4. The van der Waals surface area contributed by atoms with Crippen molar-refractivity contribution >= 4 is 38.9 Å². The van der Waals surface area contributed by atoms with Crippen molar-refractivity contribution in [3.63, 3.8) is 0 Å². The third-order valence-corrected chi connectivity index (χ3v) is 6.56. The molecular formula is C21H20N2O4S2. The van der Waals surface area contributed by atoms with Crippen LogP contribution in [0.25, 0.3) is 20.7 Å². The van der Waals surface area contributed by atoms with Crippen LogP contribution in [0.2, 0.25) is 0 Å². The van der Waals surface area contributed by atoms with Crippen LogP contribution in [-0.2, 0) is 17.7 Å². The van der Waals surface area contributed by atoms with Gasteiger partial charge >= 0.3 is 5.97 Å². The van der Waals surface area contributed by atoms with Gasteiger partial charge in [-0.3, -0.25) is 9.36 Å². The smallest absolute Gasteiger partial charge is 0.373 e. The van der Waals surface area contributed by atoms with E-state index in [2.05, 4.69) is 6.92 Å². The number of aryl methyl sites for hydroxylation is 2. The number of hydrogen-bond donors (Lipinski definition) is 0. The maximum atomic E-state index is 13.6. The Morgan fingerprint density at radius 2 is 2.14 bits per heavy atom. The van der Waals surface area contributed by atoms with Crippen LogP contribution in [0.1, 0.15) is 40.4 Å². The van der Waals surface area contributed by atoms with Gasteiger partial charge in [-0.2, -0.15) is 0 Å². The van der Waals surface area contributed by atoms with E-state index in [1.54, 1.807) is 39.4 Å². The molecule has 4 aromatic rings. The highest BCUT2D eigenvalue weighted by atomic mass is 32.1. The summed E-state index contributed by atoms with van der Waals surface area (Å²) in [4.78, 5) is 33.0. The molecule has 0 aromatic carbocycles. The highest BCUT2D eigenvalue weighted by molar-refractivity contribution is 7.20. The first kappa shape index (κ1) is 19.6. The van der Waals surface area contributed by atoms with Crippen molar-refractivity contribution in [1.29, 1.82) is 0 Å². The van der Waals surface area contributed by atoms with Gasteiger partial charge in [0.2, 0.25) is 5.76 Å². The highest BCUT2D eigenvalue weighted by Gasteiger charge is 2.21. The summed E-state index contributed by atoms with van der Waals surface area (Å²) >= 11 is 3.17. The van der Waals surface area contributed by atoms with Crippen molar-refractivity contribution in [2.75, 3.05) is 7.11 Å². The summed E-state index contributed by atoms with van der Waals surface area (Å²) in [7, 11) is 1.30. The number of esters is 1. The van der Waals surface area contributed by atoms with E-state index in [0.717, 1.165) is 32.4 Å². The van der Waals surface area contributed by atoms with E-state index in [1.807, 2.05) is 24.4 Å². The Morgan fingerprint density at radius 3 is 2.83 bits per heavy atom. The van der Waals surface area contributed by atoms with E-state index >= 15 is 0 Å². The Bertz CT molecular complexity index is 1230. The van der Waals surface area contributed by atoms with Crippen LogP contribution in [0.15, 0.2) is 38.9 Å². The second kappa shape index (κ2) is 7.96. The van der Waals surface area contributed by atoms with Gasteiger partial charge in [0.15, 0.2) is 0 Å². The first-order chi connectivity index (χ1) is 14.0. The molecule has 150 valence electrons. The lowest BCUT2D eigenvalue weighted by molar-refractivity contribution is 0.0563. The van der Waals surface area contributed by atoms with Crippen LogP contribution >= 0.6 is 22.7 Å². The molecule has 0 bridgehead atoms. The van der Waals surface area contributed by atoms with Gasteiger partial charge in [0, 0.05) is 21.7 Å². The normalized spacial score (nSPS) is 11.3. The number of ether oxygens (including phenoxy) is 1. The maximum absolute atomic E-state index is 13.6. The number of fused-ring (bicyclic) bond motifs is 1. The minimum atomic E-state index is -0.542. The Hall–Kier alpha value is -2.71. The maximum Gasteiger partial charge on any atom is 0.373 e. The lowest BCUT2D eigenvalue weighted by Gasteiger charge is -2.11. The minimum Gasteiger partial charge on any atom is -0.463 e. The van der Waals surface area contributed by atoms with Crippen LogP contribution in [0, 0.1) is 6.92 Å². The molecular weight excluding hydrogens is 408 g/mol. The lowest BCUT2D eigenvalue weighted by atomic mass is 10.1. The van der Waals surface area contributed by atoms with Crippen molar-refractivity contribution in [2.45, 2.75) is 33.2 Å². The van der Waals surface area contributed by atoms with E-state index in [4.69, 9.17) is 14.1 Å². The fraction of sp³-hybridized carbons (Fsp3) is 0.286. The molecule has 0 fully saturated rings. The number of carbonyl (C=O) groups excluding carboxylic acids is 1. The quantitative estimate of drug-likeness (QED) is 0.409. The molecule has 8 heteroatoms. The van der Waals surface area contributed by atoms with Gasteiger partial charge in [-0.25, -0.2) is 9.78 Å². The number of hydrogen-bond acceptors (Lipinski definition) is 7. The lowest BCUT2D eigenvalue weighted by Crippen LogP contribution is -2.25. The molecule has 0 saturated heterocycles. The Morgan fingerprint density at radius 1 is 1.31 bits per heavy atom. The Labute approximate surface area is 175 Å². The zero-order chi connectivity index (χ0) is 20.5. The topological polar surface area (TPSA) is 74.3 Å². The van der Waals surface area contributed by atoms with Crippen LogP contribution < -0.4 is 5.56 Å². The molecule has 4 aromatic heterocycles. The predicted molar refractivity (Wildman–Crippen MR) is 115 cm³/mol. The summed E-state index contributed by atoms with van der Waals surface area (Å²) < 4.78 is 11.9. The summed E-state index contributed by atoms with van der Waals surface area (Å²) in [5, 5.41) is 2.65. The predicted octanol–water partition coefficient (Wildman–Crippen LogP) is 4.88.